The van der Waals surface area contributed by atoms with Crippen molar-refractivity contribution in [3.63, 3.8) is 0 Å². The van der Waals surface area contributed by atoms with Crippen molar-refractivity contribution in [2.45, 2.75) is 129 Å². The van der Waals surface area contributed by atoms with Crippen molar-refractivity contribution in [1.29, 1.82) is 5.26 Å². The topological polar surface area (TPSA) is 323 Å². The molecule has 8 amide bonds. The standard InChI is InChI=1S/C59H79N13O11/c1-5-6-25-82-59-68-54(61)45-28-43(30-60)72(55(45)69-59)35-41-17-16-39(27-47(41)81-4)34-70-23-20-42(21-24-70)66-57(79)53(40-18-19-40)83-36-65-50(75)32-64-56(78)46(26-38-13-9-7-10-14-38)67-51(76)33-63-49(74)31-62-48(73)15-11-8-12-22-71-52(77)29-44(37(2)3)58(71)80/h7,9-10,13-14,16-17,27-28,37,40,42,44,46,53H,5-6,8,11-12,15,18-26,29,31-36H2,1-4H3,(H,62,73)(H,63,74)(H,64,78)(H,65,75)(H,66,79)(H,67,76)(H2,61,68,69)/t44?,46-,53-/m0/s1. The minimum atomic E-state index is -1.11. The Bertz CT molecular complexity index is 2970. The maximum absolute atomic E-state index is 13.6. The third kappa shape index (κ3) is 18.4. The number of unbranched alkanes of at least 4 members (excludes halogenated alkanes) is 3. The number of piperidine rings is 1. The number of nitrogens with zero attached hydrogens (tertiary/aromatic N) is 6. The van der Waals surface area contributed by atoms with E-state index in [9.17, 15) is 43.6 Å². The quantitative estimate of drug-likeness (QED) is 0.0210. The molecule has 83 heavy (non-hydrogen) atoms. The van der Waals surface area contributed by atoms with Crippen molar-refractivity contribution in [1.82, 2.24) is 56.2 Å². The Balaban J connectivity index is 0.794. The van der Waals surface area contributed by atoms with Crippen LogP contribution in [0.25, 0.3) is 11.0 Å². The zero-order valence-electron chi connectivity index (χ0n) is 48.0. The second-order valence-corrected chi connectivity index (χ2v) is 21.8. The number of amides is 8. The third-order valence-electron chi connectivity index (χ3n) is 15.1. The molecule has 1 unspecified atom stereocenters. The van der Waals surface area contributed by atoms with Gasteiger partial charge in [0.2, 0.25) is 47.3 Å². The Labute approximate surface area is 483 Å². The van der Waals surface area contributed by atoms with Crippen LogP contribution in [-0.2, 0) is 62.6 Å². The van der Waals surface area contributed by atoms with Crippen LogP contribution in [0.15, 0.2) is 54.6 Å². The highest BCUT2D eigenvalue weighted by Gasteiger charge is 2.40. The molecule has 446 valence electrons. The zero-order chi connectivity index (χ0) is 59.4. The molecule has 3 atom stereocenters. The number of carbonyl (C=O) groups excluding carboxylic acids is 8. The van der Waals surface area contributed by atoms with Gasteiger partial charge in [-0.1, -0.05) is 76.1 Å². The Morgan fingerprint density at radius 2 is 1.53 bits per heavy atom. The Kier molecular flexibility index (Phi) is 23.1. The van der Waals surface area contributed by atoms with Crippen molar-refractivity contribution in [2.24, 2.45) is 17.8 Å². The number of nitrogens with one attached hydrogen (secondary N) is 6. The van der Waals surface area contributed by atoms with Crippen LogP contribution in [-0.4, -0.2) is 149 Å². The maximum atomic E-state index is 13.6. The van der Waals surface area contributed by atoms with E-state index in [4.69, 9.17) is 19.9 Å². The molecule has 24 nitrogen and oxygen atoms in total. The molecule has 3 aliphatic rings. The van der Waals surface area contributed by atoms with Crippen LogP contribution >= 0.6 is 0 Å². The van der Waals surface area contributed by atoms with Crippen LogP contribution in [0.3, 0.4) is 0 Å². The molecule has 2 saturated heterocycles. The summed E-state index contributed by atoms with van der Waals surface area (Å²) in [7, 11) is 1.61. The number of imide groups is 1. The predicted molar refractivity (Wildman–Crippen MR) is 305 cm³/mol. The number of carbonyl (C=O) groups is 8. The highest BCUT2D eigenvalue weighted by atomic mass is 16.5. The van der Waals surface area contributed by atoms with E-state index in [0.717, 1.165) is 68.3 Å². The number of aromatic nitrogens is 3. The second-order valence-electron chi connectivity index (χ2n) is 21.8. The summed E-state index contributed by atoms with van der Waals surface area (Å²) in [4.78, 5) is 115. The predicted octanol–water partition coefficient (Wildman–Crippen LogP) is 2.74. The van der Waals surface area contributed by atoms with E-state index in [1.54, 1.807) is 48.1 Å². The van der Waals surface area contributed by atoms with E-state index in [-0.39, 0.29) is 91.8 Å². The lowest BCUT2D eigenvalue weighted by molar-refractivity contribution is -0.140. The SMILES string of the molecule is CCCCOc1nc(N)c2cc(C#N)n(Cc3ccc(CN4CCC(NC(=O)[C@@H](OCNC(=O)CNC(=O)[C@H](Cc5ccccc5)NC(=O)CNC(=O)CNC(=O)CCCCCN5C(=O)CC(C(C)C)C5=O)C5CC5)CC4)cc3OC)c2n1. The number of hydrogen-bond donors (Lipinski definition) is 7. The van der Waals surface area contributed by atoms with Gasteiger partial charge in [0.25, 0.3) is 0 Å². The van der Waals surface area contributed by atoms with Gasteiger partial charge in [-0.2, -0.15) is 15.2 Å². The molecule has 2 aromatic carbocycles. The van der Waals surface area contributed by atoms with Gasteiger partial charge in [0.1, 0.15) is 42.2 Å². The summed E-state index contributed by atoms with van der Waals surface area (Å²) >= 11 is 0. The fourth-order valence-corrected chi connectivity index (χ4v) is 10.1. The van der Waals surface area contributed by atoms with Crippen LogP contribution in [0, 0.1) is 29.1 Å². The number of fused-ring (bicyclic) bond motifs is 1. The van der Waals surface area contributed by atoms with Gasteiger partial charge in [0, 0.05) is 63.0 Å². The molecule has 2 aliphatic heterocycles. The molecule has 4 heterocycles. The summed E-state index contributed by atoms with van der Waals surface area (Å²) in [5, 5.41) is 26.5. The van der Waals surface area contributed by atoms with Crippen molar-refractivity contribution in [3.05, 3.63) is 77.0 Å². The number of ether oxygens (including phenoxy) is 3. The molecule has 8 N–H and O–H groups in total. The molecule has 1 aliphatic carbocycles. The number of rotatable bonds is 32. The zero-order valence-corrected chi connectivity index (χ0v) is 48.0. The van der Waals surface area contributed by atoms with E-state index in [1.165, 1.54) is 4.90 Å². The molecule has 0 radical (unpaired) electrons. The lowest BCUT2D eigenvalue weighted by atomic mass is 9.94. The highest BCUT2D eigenvalue weighted by molar-refractivity contribution is 6.03. The van der Waals surface area contributed by atoms with Gasteiger partial charge in [-0.05, 0) is 80.0 Å². The van der Waals surface area contributed by atoms with Gasteiger partial charge in [-0.25, -0.2) is 0 Å². The number of nitriles is 1. The molecule has 3 fully saturated rings. The van der Waals surface area contributed by atoms with Crippen LogP contribution in [0.2, 0.25) is 0 Å². The first-order chi connectivity index (χ1) is 40.0. The van der Waals surface area contributed by atoms with Gasteiger partial charge < -0.3 is 56.4 Å². The normalized spacial score (nSPS) is 16.2. The minimum absolute atomic E-state index is 0.0145. The number of methoxy groups -OCH3 is 1. The Morgan fingerprint density at radius 1 is 0.807 bits per heavy atom. The van der Waals surface area contributed by atoms with Gasteiger partial charge in [0.15, 0.2) is 5.65 Å². The first kappa shape index (κ1) is 62.4. The molecular formula is C59H79N13O11. The first-order valence-corrected chi connectivity index (χ1v) is 28.8. The molecule has 2 aromatic heterocycles. The molecule has 4 aromatic rings. The second kappa shape index (κ2) is 30.8. The number of nitrogen functional groups attached to an aromatic ring is 1. The summed E-state index contributed by atoms with van der Waals surface area (Å²) in [6, 6.07) is 17.9. The Hall–Kier alpha value is -8.17. The summed E-state index contributed by atoms with van der Waals surface area (Å²) in [6.07, 6.45) is 6.22. The lowest BCUT2D eigenvalue weighted by Gasteiger charge is -2.33. The average molecular weight is 1150 g/mol. The number of nitrogens with two attached hydrogens (primary N) is 1. The van der Waals surface area contributed by atoms with Crippen LogP contribution in [0.5, 0.6) is 11.8 Å². The van der Waals surface area contributed by atoms with Crippen LogP contribution in [0.4, 0.5) is 5.82 Å². The van der Waals surface area contributed by atoms with Crippen molar-refractivity contribution in [3.8, 4) is 17.8 Å². The Morgan fingerprint density at radius 3 is 2.23 bits per heavy atom. The number of benzene rings is 2. The van der Waals surface area contributed by atoms with Gasteiger partial charge in [0.05, 0.1) is 45.3 Å². The largest absolute Gasteiger partial charge is 0.496 e. The summed E-state index contributed by atoms with van der Waals surface area (Å²) in [6.45, 7) is 7.56. The van der Waals surface area contributed by atoms with Crippen molar-refractivity contribution < 1.29 is 52.6 Å². The fraction of sp³-hybridized carbons (Fsp3) is 0.542. The van der Waals surface area contributed by atoms with Crippen LogP contribution in [0.1, 0.15) is 114 Å². The number of hydrogen-bond acceptors (Lipinski definition) is 16. The van der Waals surface area contributed by atoms with E-state index in [1.807, 2.05) is 32.0 Å². The highest BCUT2D eigenvalue weighted by Crippen LogP contribution is 2.35. The monoisotopic (exact) mass is 1150 g/mol. The molecule has 1 saturated carbocycles. The van der Waals surface area contributed by atoms with Crippen molar-refractivity contribution >= 4 is 64.1 Å². The molecule has 0 spiro atoms. The minimum Gasteiger partial charge on any atom is -0.496 e. The summed E-state index contributed by atoms with van der Waals surface area (Å²) < 4.78 is 19.3. The van der Waals surface area contributed by atoms with Gasteiger partial charge >= 0.3 is 6.01 Å². The lowest BCUT2D eigenvalue weighted by Crippen LogP contribution is -2.52. The summed E-state index contributed by atoms with van der Waals surface area (Å²) in [5.41, 5.74) is 9.78. The van der Waals surface area contributed by atoms with Crippen LogP contribution < -0.4 is 47.1 Å². The van der Waals surface area contributed by atoms with Gasteiger partial charge in [-0.3, -0.25) is 48.2 Å². The van der Waals surface area contributed by atoms with E-state index >= 15 is 0 Å². The molecule has 24 heteroatoms. The summed E-state index contributed by atoms with van der Waals surface area (Å²) in [5.74, 6) is -2.71. The van der Waals surface area contributed by atoms with Gasteiger partial charge in [-0.15, -0.1) is 0 Å². The molecular weight excluding hydrogens is 1070 g/mol. The van der Waals surface area contributed by atoms with E-state index in [0.29, 0.717) is 68.0 Å². The van der Waals surface area contributed by atoms with E-state index < -0.39 is 48.9 Å². The third-order valence-corrected chi connectivity index (χ3v) is 15.1. The first-order valence-electron chi connectivity index (χ1n) is 28.8. The van der Waals surface area contributed by atoms with E-state index in [2.05, 4.69) is 59.8 Å². The fourth-order valence-electron chi connectivity index (χ4n) is 10.1. The molecule has 0 bridgehead atoms. The average Bonchev–Trinajstić information content (AvgIpc) is 4.37. The number of anilines is 1. The van der Waals surface area contributed by atoms with Crippen molar-refractivity contribution in [2.75, 3.05) is 65.4 Å². The number of likely N-dealkylation sites (tertiary alicyclic amines) is 2. The molecule has 7 rings (SSSR count). The maximum Gasteiger partial charge on any atom is 0.320 e. The smallest absolute Gasteiger partial charge is 0.320 e.